The molecule has 0 aliphatic carbocycles. The third kappa shape index (κ3) is 4.08. The van der Waals surface area contributed by atoms with Gasteiger partial charge in [0.05, 0.1) is 0 Å². The van der Waals surface area contributed by atoms with Crippen molar-refractivity contribution in [3.63, 3.8) is 0 Å². The maximum absolute atomic E-state index is 11.9. The third-order valence-electron chi connectivity index (χ3n) is 2.92. The monoisotopic (exact) mass is 279 g/mol. The first-order valence-electron chi connectivity index (χ1n) is 7.01. The Morgan fingerprint density at radius 3 is 2.30 bits per heavy atom. The Morgan fingerprint density at radius 1 is 1.20 bits per heavy atom. The number of amides is 1. The van der Waals surface area contributed by atoms with Crippen molar-refractivity contribution < 1.29 is 4.79 Å². The van der Waals surface area contributed by atoms with Gasteiger partial charge in [-0.3, -0.25) is 4.79 Å². The molecule has 6 heteroatoms. The standard InChI is InChI=1S/C14H25N5O/c1-7-11-18-12(15-6)9(4)13(19-11)17-10(5)14(20)16-8(2)3/h8,10H,7H2,1-6H3,(H,16,20)(H2,15,17,18,19). The number of carbonyl (C=O) groups excluding carboxylic acids is 1. The fraction of sp³-hybridized carbons (Fsp3) is 0.643. The largest absolute Gasteiger partial charge is 0.373 e. The van der Waals surface area contributed by atoms with Crippen LogP contribution in [0.4, 0.5) is 11.6 Å². The lowest BCUT2D eigenvalue weighted by Crippen LogP contribution is -2.41. The lowest BCUT2D eigenvalue weighted by molar-refractivity contribution is -0.122. The maximum Gasteiger partial charge on any atom is 0.242 e. The van der Waals surface area contributed by atoms with Crippen LogP contribution in [0.1, 0.15) is 39.1 Å². The van der Waals surface area contributed by atoms with Crippen LogP contribution in [0.25, 0.3) is 0 Å². The van der Waals surface area contributed by atoms with Gasteiger partial charge in [-0.1, -0.05) is 6.92 Å². The van der Waals surface area contributed by atoms with Crippen LogP contribution in [0, 0.1) is 6.92 Å². The van der Waals surface area contributed by atoms with Gasteiger partial charge in [0.2, 0.25) is 5.91 Å². The van der Waals surface area contributed by atoms with E-state index in [1.807, 2.05) is 41.7 Å². The zero-order valence-electron chi connectivity index (χ0n) is 13.2. The maximum atomic E-state index is 11.9. The van der Waals surface area contributed by atoms with Gasteiger partial charge in [0.1, 0.15) is 23.5 Å². The van der Waals surface area contributed by atoms with E-state index in [1.54, 1.807) is 0 Å². The molecule has 1 heterocycles. The minimum atomic E-state index is -0.347. The summed E-state index contributed by atoms with van der Waals surface area (Å²) in [6, 6.07) is -0.224. The van der Waals surface area contributed by atoms with Crippen LogP contribution in [-0.2, 0) is 11.2 Å². The number of nitrogens with one attached hydrogen (secondary N) is 3. The van der Waals surface area contributed by atoms with Crippen molar-refractivity contribution >= 4 is 17.5 Å². The molecule has 3 N–H and O–H groups in total. The number of rotatable bonds is 6. The van der Waals surface area contributed by atoms with E-state index < -0.39 is 0 Å². The van der Waals surface area contributed by atoms with Crippen LogP contribution in [0.3, 0.4) is 0 Å². The highest BCUT2D eigenvalue weighted by atomic mass is 16.2. The Hall–Kier alpha value is -1.85. The summed E-state index contributed by atoms with van der Waals surface area (Å²) in [5.74, 6) is 2.20. The number of carbonyl (C=O) groups is 1. The summed E-state index contributed by atoms with van der Waals surface area (Å²) < 4.78 is 0. The number of aryl methyl sites for hydroxylation is 1. The van der Waals surface area contributed by atoms with Gasteiger partial charge in [-0.25, -0.2) is 9.97 Å². The second-order valence-corrected chi connectivity index (χ2v) is 5.09. The molecule has 0 spiro atoms. The van der Waals surface area contributed by atoms with Crippen LogP contribution < -0.4 is 16.0 Å². The Morgan fingerprint density at radius 2 is 1.80 bits per heavy atom. The van der Waals surface area contributed by atoms with Crippen molar-refractivity contribution in [2.45, 2.75) is 53.1 Å². The molecule has 20 heavy (non-hydrogen) atoms. The van der Waals surface area contributed by atoms with Crippen LogP contribution in [0.5, 0.6) is 0 Å². The highest BCUT2D eigenvalue weighted by molar-refractivity contribution is 5.84. The van der Waals surface area contributed by atoms with Crippen molar-refractivity contribution in [1.82, 2.24) is 15.3 Å². The molecule has 0 fully saturated rings. The topological polar surface area (TPSA) is 78.9 Å². The minimum absolute atomic E-state index is 0.0398. The number of aromatic nitrogens is 2. The zero-order valence-corrected chi connectivity index (χ0v) is 13.2. The number of hydrogen-bond donors (Lipinski definition) is 3. The predicted molar refractivity (Wildman–Crippen MR) is 82.1 cm³/mol. The first kappa shape index (κ1) is 16.2. The molecule has 0 saturated heterocycles. The molecule has 1 amide bonds. The average Bonchev–Trinajstić information content (AvgIpc) is 2.40. The van der Waals surface area contributed by atoms with Crippen molar-refractivity contribution in [2.24, 2.45) is 0 Å². The fourth-order valence-corrected chi connectivity index (χ4v) is 1.79. The normalized spacial score (nSPS) is 12.2. The summed E-state index contributed by atoms with van der Waals surface area (Å²) in [4.78, 5) is 20.8. The Bertz CT molecular complexity index is 473. The third-order valence-corrected chi connectivity index (χ3v) is 2.92. The van der Waals surface area contributed by atoms with Gasteiger partial charge < -0.3 is 16.0 Å². The van der Waals surface area contributed by atoms with Gasteiger partial charge in [-0.05, 0) is 27.7 Å². The van der Waals surface area contributed by atoms with Crippen LogP contribution in [0.15, 0.2) is 0 Å². The summed E-state index contributed by atoms with van der Waals surface area (Å²) >= 11 is 0. The predicted octanol–water partition coefficient (Wildman–Crippen LogP) is 1.71. The first-order valence-corrected chi connectivity index (χ1v) is 7.01. The SMILES string of the molecule is CCc1nc(NC)c(C)c(NC(C)C(=O)NC(C)C)n1. The number of hydrogen-bond acceptors (Lipinski definition) is 5. The second kappa shape index (κ2) is 7.07. The molecule has 0 radical (unpaired) electrons. The van der Waals surface area contributed by atoms with Crippen LogP contribution >= 0.6 is 0 Å². The van der Waals surface area contributed by atoms with Gasteiger partial charge >= 0.3 is 0 Å². The van der Waals surface area contributed by atoms with E-state index in [4.69, 9.17) is 0 Å². The number of anilines is 2. The van der Waals surface area contributed by atoms with Crippen molar-refractivity contribution in [3.05, 3.63) is 11.4 Å². The fourth-order valence-electron chi connectivity index (χ4n) is 1.79. The van der Waals surface area contributed by atoms with Crippen molar-refractivity contribution in [3.8, 4) is 0 Å². The van der Waals surface area contributed by atoms with Gasteiger partial charge in [0.25, 0.3) is 0 Å². The molecule has 112 valence electrons. The van der Waals surface area contributed by atoms with Gasteiger partial charge in [0, 0.05) is 25.1 Å². The van der Waals surface area contributed by atoms with E-state index in [-0.39, 0.29) is 18.0 Å². The molecule has 1 unspecified atom stereocenters. The Kier molecular flexibility index (Phi) is 5.73. The van der Waals surface area contributed by atoms with Crippen LogP contribution in [0.2, 0.25) is 0 Å². The molecule has 1 aromatic heterocycles. The smallest absolute Gasteiger partial charge is 0.242 e. The lowest BCUT2D eigenvalue weighted by Gasteiger charge is -2.19. The quantitative estimate of drug-likeness (QED) is 0.739. The summed E-state index contributed by atoms with van der Waals surface area (Å²) in [5.41, 5.74) is 0.911. The molecule has 0 bridgehead atoms. The Balaban J connectivity index is 2.93. The van der Waals surface area contributed by atoms with E-state index in [1.165, 1.54) is 0 Å². The minimum Gasteiger partial charge on any atom is -0.373 e. The molecule has 1 aromatic rings. The van der Waals surface area contributed by atoms with Crippen LogP contribution in [-0.4, -0.2) is 35.0 Å². The van der Waals surface area contributed by atoms with Gasteiger partial charge in [0.15, 0.2) is 0 Å². The first-order chi connectivity index (χ1) is 9.38. The molecule has 6 nitrogen and oxygen atoms in total. The molecule has 0 saturated carbocycles. The molecule has 0 aliphatic rings. The summed E-state index contributed by atoms with van der Waals surface area (Å²) in [7, 11) is 1.83. The summed E-state index contributed by atoms with van der Waals surface area (Å²) in [6.07, 6.45) is 0.746. The average molecular weight is 279 g/mol. The molecular formula is C14H25N5O. The molecule has 0 aromatic carbocycles. The zero-order chi connectivity index (χ0) is 15.3. The molecule has 1 atom stereocenters. The summed E-state index contributed by atoms with van der Waals surface area (Å²) in [5, 5.41) is 9.09. The Labute approximate surface area is 120 Å². The van der Waals surface area contributed by atoms with E-state index >= 15 is 0 Å². The van der Waals surface area contributed by atoms with Crippen molar-refractivity contribution in [1.29, 1.82) is 0 Å². The van der Waals surface area contributed by atoms with E-state index in [0.717, 1.165) is 23.6 Å². The second-order valence-electron chi connectivity index (χ2n) is 5.09. The molecule has 1 rings (SSSR count). The highest BCUT2D eigenvalue weighted by Crippen LogP contribution is 2.20. The van der Waals surface area contributed by atoms with E-state index in [0.29, 0.717) is 5.82 Å². The molecule has 0 aliphatic heterocycles. The highest BCUT2D eigenvalue weighted by Gasteiger charge is 2.17. The van der Waals surface area contributed by atoms with Gasteiger partial charge in [-0.15, -0.1) is 0 Å². The van der Waals surface area contributed by atoms with Crippen molar-refractivity contribution in [2.75, 3.05) is 17.7 Å². The van der Waals surface area contributed by atoms with E-state index in [2.05, 4.69) is 25.9 Å². The van der Waals surface area contributed by atoms with E-state index in [9.17, 15) is 4.79 Å². The lowest BCUT2D eigenvalue weighted by atomic mass is 10.2. The summed E-state index contributed by atoms with van der Waals surface area (Å²) in [6.45, 7) is 9.64. The molecular weight excluding hydrogens is 254 g/mol. The van der Waals surface area contributed by atoms with Gasteiger partial charge in [-0.2, -0.15) is 0 Å². The number of nitrogens with zero attached hydrogens (tertiary/aromatic N) is 2.